The third-order valence-electron chi connectivity index (χ3n) is 13.1. The van der Waals surface area contributed by atoms with E-state index in [1.54, 1.807) is 92.8 Å². The predicted octanol–water partition coefficient (Wildman–Crippen LogP) is 4.93. The maximum absolute atomic E-state index is 14.0. The highest BCUT2D eigenvalue weighted by Crippen LogP contribution is 2.32. The smallest absolute Gasteiger partial charge is 0.408 e. The Hall–Kier alpha value is -6.27. The maximum atomic E-state index is 14.0. The molecule has 1 unspecified atom stereocenters. The van der Waals surface area contributed by atoms with Crippen LogP contribution in [0.4, 0.5) is 15.3 Å². The van der Waals surface area contributed by atoms with Crippen molar-refractivity contribution >= 4 is 47.5 Å². The van der Waals surface area contributed by atoms with Gasteiger partial charge in [-0.2, -0.15) is 0 Å². The summed E-state index contributed by atoms with van der Waals surface area (Å²) in [4.78, 5) is 92.2. The van der Waals surface area contributed by atoms with Gasteiger partial charge < -0.3 is 99.0 Å². The molecule has 6 amide bonds. The molecule has 5 atom stereocenters. The third kappa shape index (κ3) is 39.1. The van der Waals surface area contributed by atoms with E-state index in [1.807, 2.05) is 6.07 Å². The Kier molecular flexibility index (Phi) is 41.5. The molecule has 8 N–H and O–H groups in total. The Bertz CT molecular complexity index is 2340. The van der Waals surface area contributed by atoms with Crippen LogP contribution in [0.3, 0.4) is 0 Å². The number of amides is 6. The zero-order valence-electron chi connectivity index (χ0n) is 54.6. The van der Waals surface area contributed by atoms with Crippen LogP contribution in [0.15, 0.2) is 48.5 Å². The van der Waals surface area contributed by atoms with Crippen molar-refractivity contribution in [3.05, 3.63) is 59.7 Å². The molecule has 2 rings (SSSR count). The van der Waals surface area contributed by atoms with E-state index in [0.717, 1.165) is 5.56 Å². The number of hydrogen-bond donors (Lipinski definition) is 8. The fourth-order valence-electron chi connectivity index (χ4n) is 8.26. The molecule has 0 aliphatic carbocycles. The number of aliphatic carboxylic acids is 1. The normalized spacial score (nSPS) is 13.3. The van der Waals surface area contributed by atoms with Gasteiger partial charge in [0.2, 0.25) is 23.6 Å². The molecule has 2 aromatic rings. The van der Waals surface area contributed by atoms with Crippen molar-refractivity contribution in [2.24, 2.45) is 17.3 Å². The van der Waals surface area contributed by atoms with Crippen molar-refractivity contribution in [3.8, 4) is 5.75 Å². The van der Waals surface area contributed by atoms with Crippen LogP contribution in [0.25, 0.3) is 0 Å². The van der Waals surface area contributed by atoms with E-state index >= 15 is 0 Å². The van der Waals surface area contributed by atoms with Crippen molar-refractivity contribution in [3.63, 3.8) is 0 Å². The van der Waals surface area contributed by atoms with E-state index in [1.165, 1.54) is 19.1 Å². The molecule has 0 spiro atoms. The summed E-state index contributed by atoms with van der Waals surface area (Å²) in [5.74, 6) is -5.17. The van der Waals surface area contributed by atoms with E-state index < -0.39 is 82.9 Å². The number of phenolic OH excluding ortho intramolecular Hbond substituents is 1. The Labute approximate surface area is 530 Å². The van der Waals surface area contributed by atoms with Crippen molar-refractivity contribution < 1.29 is 101 Å². The summed E-state index contributed by atoms with van der Waals surface area (Å²) in [6.07, 6.45) is -0.581. The largest absolute Gasteiger partial charge is 0.506 e. The molecule has 0 heterocycles. The SMILES string of the molecule is COCCOCCOCCOCCOCCOCCOCCOCCOCCOCC(=O)NCCCC[C@H](NC(=O)OCc1ccccc1)C(=O)N[C@H](C(=O)N[C@@H](C)C(=O)Nc1cc(CC(C[C@@H](C(=O)O)C(C)(C)C)NC(=O)OC(C)(C)C)ccc1O)C(C)C. The van der Waals surface area contributed by atoms with Crippen molar-refractivity contribution in [1.29, 1.82) is 0 Å². The molecule has 27 heteroatoms. The van der Waals surface area contributed by atoms with Gasteiger partial charge in [-0.05, 0) is 94.4 Å². The monoisotopic (exact) mass is 1280 g/mol. The molecular weight excluding hydrogens is 1180 g/mol. The Morgan fingerprint density at radius 3 is 1.54 bits per heavy atom. The van der Waals surface area contributed by atoms with Gasteiger partial charge in [0.1, 0.15) is 42.7 Å². The first-order valence-electron chi connectivity index (χ1n) is 30.8. The first-order chi connectivity index (χ1) is 42.9. The van der Waals surface area contributed by atoms with Gasteiger partial charge in [0.25, 0.3) is 0 Å². The Morgan fingerprint density at radius 1 is 0.556 bits per heavy atom. The third-order valence-corrected chi connectivity index (χ3v) is 13.1. The van der Waals surface area contributed by atoms with Crippen LogP contribution < -0.4 is 31.9 Å². The average molecular weight is 1280 g/mol. The number of phenols is 1. The van der Waals surface area contributed by atoms with Gasteiger partial charge in [-0.15, -0.1) is 0 Å². The second-order valence-corrected chi connectivity index (χ2v) is 23.4. The Balaban J connectivity index is 1.78. The molecule has 0 aliphatic heterocycles. The topological polar surface area (TPSA) is 343 Å². The summed E-state index contributed by atoms with van der Waals surface area (Å²) >= 11 is 0. The highest BCUT2D eigenvalue weighted by Gasteiger charge is 2.35. The summed E-state index contributed by atoms with van der Waals surface area (Å²) in [6, 6.07) is 9.08. The summed E-state index contributed by atoms with van der Waals surface area (Å²) in [6.45, 7) is 23.0. The van der Waals surface area contributed by atoms with Crippen LogP contribution in [0.1, 0.15) is 99.1 Å². The number of carbonyl (C=O) groups is 7. The molecule has 2 aromatic carbocycles. The van der Waals surface area contributed by atoms with Crippen LogP contribution in [-0.2, 0) is 93.8 Å². The molecule has 0 radical (unpaired) electrons. The number of rotatable bonds is 50. The van der Waals surface area contributed by atoms with E-state index in [4.69, 9.17) is 56.8 Å². The van der Waals surface area contributed by atoms with Gasteiger partial charge in [0.15, 0.2) is 0 Å². The molecular formula is C63H104N6O21. The number of carbonyl (C=O) groups excluding carboxylic acids is 6. The number of alkyl carbamates (subject to hydrolysis) is 2. The molecule has 0 aromatic heterocycles. The van der Waals surface area contributed by atoms with E-state index in [0.29, 0.717) is 124 Å². The zero-order valence-corrected chi connectivity index (χ0v) is 54.6. The number of methoxy groups -OCH3 is 1. The molecule has 0 saturated carbocycles. The molecule has 0 fully saturated rings. The second kappa shape index (κ2) is 46.7. The highest BCUT2D eigenvalue weighted by atomic mass is 16.6. The van der Waals surface area contributed by atoms with E-state index in [9.17, 15) is 43.8 Å². The van der Waals surface area contributed by atoms with Crippen molar-refractivity contribution in [2.75, 3.05) is 145 Å². The predicted molar refractivity (Wildman–Crippen MR) is 333 cm³/mol. The quantitative estimate of drug-likeness (QED) is 0.0322. The molecule has 512 valence electrons. The first kappa shape index (κ1) is 79.8. The van der Waals surface area contributed by atoms with Gasteiger partial charge in [-0.25, -0.2) is 9.59 Å². The van der Waals surface area contributed by atoms with Crippen LogP contribution in [0.5, 0.6) is 5.75 Å². The summed E-state index contributed by atoms with van der Waals surface area (Å²) in [5.41, 5.74) is -0.247. The molecule has 0 aliphatic rings. The lowest BCUT2D eigenvalue weighted by atomic mass is 9.76. The zero-order chi connectivity index (χ0) is 66.6. The van der Waals surface area contributed by atoms with E-state index in [2.05, 4.69) is 31.9 Å². The van der Waals surface area contributed by atoms with Crippen LogP contribution in [-0.4, -0.2) is 221 Å². The lowest BCUT2D eigenvalue weighted by Gasteiger charge is -2.31. The Morgan fingerprint density at radius 2 is 1.07 bits per heavy atom. The molecule has 27 nitrogen and oxygen atoms in total. The minimum absolute atomic E-state index is 0.0134. The van der Waals surface area contributed by atoms with Gasteiger partial charge in [-0.1, -0.05) is 71.0 Å². The van der Waals surface area contributed by atoms with Gasteiger partial charge in [0, 0.05) is 19.7 Å². The maximum Gasteiger partial charge on any atom is 0.408 e. The average Bonchev–Trinajstić information content (AvgIpc) is 1.65. The standard InChI is InChI=1S/C63H104N6O21/c1-45(2)55(58(74)65-46(3)56(72)67-52-41-48(19-20-53(52)70)40-49(66-61(78)90-63(7,8)9)42-50(59(75)76)62(4,5)6)69-57(73)51(68-60(77)89-43-47-16-12-11-13-17-47)18-14-15-21-64-54(71)44-88-39-38-87-37-36-86-35-34-85-33-32-84-31-30-83-29-28-82-27-26-81-25-24-80-23-22-79-10/h11-13,16-17,19-20,41,45-46,49-51,55,70H,14-15,18,21-40,42-44H2,1-10H3,(H,64,71)(H,65,74)(H,66,78)(H,67,72)(H,68,77)(H,69,73)(H,75,76)/t46-,49?,50-,51-,55-/m0/s1. The fraction of sp³-hybridized carbons (Fsp3) is 0.698. The lowest BCUT2D eigenvalue weighted by Crippen LogP contribution is -2.57. The van der Waals surface area contributed by atoms with Crippen molar-refractivity contribution in [2.45, 2.75) is 131 Å². The second-order valence-electron chi connectivity index (χ2n) is 23.4. The number of unbranched alkanes of at least 4 members (excludes halogenated alkanes) is 1. The summed E-state index contributed by atoms with van der Waals surface area (Å²) in [5, 5.41) is 37.0. The number of benzene rings is 2. The number of ether oxygens (including phenoxy) is 12. The number of nitrogens with one attached hydrogen (secondary N) is 6. The van der Waals surface area contributed by atoms with Crippen LogP contribution >= 0.6 is 0 Å². The number of hydrogen-bond acceptors (Lipinski definition) is 20. The van der Waals surface area contributed by atoms with E-state index in [-0.39, 0.29) is 69.6 Å². The molecule has 0 bridgehead atoms. The van der Waals surface area contributed by atoms with Gasteiger partial charge >= 0.3 is 18.2 Å². The number of anilines is 1. The number of aromatic hydroxyl groups is 1. The van der Waals surface area contributed by atoms with Gasteiger partial charge in [-0.3, -0.25) is 24.0 Å². The highest BCUT2D eigenvalue weighted by molar-refractivity contribution is 5.99. The fourth-order valence-corrected chi connectivity index (χ4v) is 8.26. The summed E-state index contributed by atoms with van der Waals surface area (Å²) in [7, 11) is 1.63. The number of carboxylic acid groups (broad SMARTS) is 1. The molecule has 0 saturated heterocycles. The first-order valence-corrected chi connectivity index (χ1v) is 30.8. The minimum atomic E-state index is -1.20. The van der Waals surface area contributed by atoms with Crippen LogP contribution in [0, 0.1) is 17.3 Å². The van der Waals surface area contributed by atoms with Gasteiger partial charge in [0.05, 0.1) is 131 Å². The lowest BCUT2D eigenvalue weighted by molar-refractivity contribution is -0.146. The molecule has 90 heavy (non-hydrogen) atoms. The summed E-state index contributed by atoms with van der Waals surface area (Å²) < 4.78 is 64.9. The van der Waals surface area contributed by atoms with Crippen LogP contribution in [0.2, 0.25) is 0 Å². The van der Waals surface area contributed by atoms with Crippen molar-refractivity contribution in [1.82, 2.24) is 26.6 Å². The minimum Gasteiger partial charge on any atom is -0.506 e. The number of carboxylic acids is 1.